The molecule has 204 valence electrons. The van der Waals surface area contributed by atoms with Crippen LogP contribution in [0.15, 0.2) is 71.9 Å². The number of amides is 2. The molecule has 0 unspecified atom stereocenters. The van der Waals surface area contributed by atoms with Gasteiger partial charge in [-0.05, 0) is 48.9 Å². The number of aliphatic hydroxyl groups excluding tert-OH is 1. The number of halogens is 4. The fourth-order valence-electron chi connectivity index (χ4n) is 3.06. The molecule has 0 bridgehead atoms. The number of carbonyl (C=O) groups is 2. The molecule has 0 aliphatic heterocycles. The van der Waals surface area contributed by atoms with Gasteiger partial charge in [0.25, 0.3) is 5.91 Å². The van der Waals surface area contributed by atoms with Crippen molar-refractivity contribution in [3.05, 3.63) is 88.0 Å². The highest BCUT2D eigenvalue weighted by Gasteiger charge is 2.31. The standard InChI is InChI=1S/C25H27ClF3N5O4/c1-16(36)11-20(30)14-33(2)24(37)22(31-13-17-7-9-19(26)10-8-17)23(34(3)15-35)32-38-21-6-4-5-18(12-21)25(27,28)29/h4-12,15,30-32,36H,13-14H2,1-3H3/b16-11-,23-22+,30-20?. The van der Waals surface area contributed by atoms with E-state index in [4.69, 9.17) is 21.8 Å². The van der Waals surface area contributed by atoms with Crippen molar-refractivity contribution in [2.75, 3.05) is 20.6 Å². The second-order valence-electron chi connectivity index (χ2n) is 8.12. The molecular weight excluding hydrogens is 527 g/mol. The van der Waals surface area contributed by atoms with Crippen LogP contribution in [0.1, 0.15) is 18.1 Å². The second-order valence-corrected chi connectivity index (χ2v) is 8.56. The number of hydroxylamine groups is 1. The molecule has 13 heteroatoms. The van der Waals surface area contributed by atoms with Crippen molar-refractivity contribution in [3.8, 4) is 5.75 Å². The van der Waals surface area contributed by atoms with Gasteiger partial charge in [-0.15, -0.1) is 0 Å². The molecule has 0 atom stereocenters. The highest BCUT2D eigenvalue weighted by Crippen LogP contribution is 2.31. The lowest BCUT2D eigenvalue weighted by Gasteiger charge is -2.25. The number of allylic oxidation sites excluding steroid dienone is 1. The van der Waals surface area contributed by atoms with Gasteiger partial charge in [-0.1, -0.05) is 29.8 Å². The van der Waals surface area contributed by atoms with Crippen molar-refractivity contribution in [1.29, 1.82) is 5.41 Å². The summed E-state index contributed by atoms with van der Waals surface area (Å²) in [7, 11) is 2.70. The zero-order valence-electron chi connectivity index (χ0n) is 20.8. The van der Waals surface area contributed by atoms with Gasteiger partial charge >= 0.3 is 6.18 Å². The summed E-state index contributed by atoms with van der Waals surface area (Å²) in [6, 6.07) is 10.8. The van der Waals surface area contributed by atoms with Crippen LogP contribution < -0.4 is 15.6 Å². The van der Waals surface area contributed by atoms with E-state index in [0.29, 0.717) is 11.4 Å². The van der Waals surface area contributed by atoms with Gasteiger partial charge in [-0.3, -0.25) is 9.59 Å². The van der Waals surface area contributed by atoms with Gasteiger partial charge in [0, 0.05) is 25.7 Å². The minimum absolute atomic E-state index is 0.0728. The molecule has 0 aliphatic carbocycles. The first kappa shape index (κ1) is 30.0. The third-order valence-corrected chi connectivity index (χ3v) is 5.16. The Bertz CT molecular complexity index is 1210. The number of nitrogens with zero attached hydrogens (tertiary/aromatic N) is 2. The summed E-state index contributed by atoms with van der Waals surface area (Å²) in [6.07, 6.45) is -3.07. The van der Waals surface area contributed by atoms with Crippen LogP contribution in [0.3, 0.4) is 0 Å². The van der Waals surface area contributed by atoms with Crippen molar-refractivity contribution in [2.45, 2.75) is 19.6 Å². The molecule has 0 saturated carbocycles. The van der Waals surface area contributed by atoms with Gasteiger partial charge in [0.1, 0.15) is 5.70 Å². The van der Waals surface area contributed by atoms with Crippen LogP contribution in [0.25, 0.3) is 0 Å². The van der Waals surface area contributed by atoms with Gasteiger partial charge in [-0.25, -0.2) is 5.48 Å². The number of carbonyl (C=O) groups excluding carboxylic acids is 2. The molecule has 0 fully saturated rings. The number of alkyl halides is 3. The SMILES string of the molecule is C/C(O)=C/C(=N)CN(C)C(=O)/C(NCc1ccc(Cl)cc1)=C(/NOc1cccc(C(F)(F)F)c1)N(C)C=O. The van der Waals surface area contributed by atoms with Gasteiger partial charge in [-0.2, -0.15) is 13.2 Å². The summed E-state index contributed by atoms with van der Waals surface area (Å²) in [6.45, 7) is 1.28. The number of likely N-dealkylation sites (N-methyl/N-ethyl adjacent to an activating group) is 1. The Morgan fingerprint density at radius 2 is 1.84 bits per heavy atom. The van der Waals surface area contributed by atoms with E-state index >= 15 is 0 Å². The Labute approximate surface area is 222 Å². The molecule has 2 amide bonds. The minimum Gasteiger partial charge on any atom is -0.513 e. The molecule has 0 saturated heterocycles. The lowest BCUT2D eigenvalue weighted by atomic mass is 10.2. The molecule has 38 heavy (non-hydrogen) atoms. The predicted molar refractivity (Wildman–Crippen MR) is 136 cm³/mol. The smallest absolute Gasteiger partial charge is 0.416 e. The average Bonchev–Trinajstić information content (AvgIpc) is 2.85. The Hall–Kier alpha value is -4.19. The zero-order chi connectivity index (χ0) is 28.5. The molecule has 0 heterocycles. The first-order valence-corrected chi connectivity index (χ1v) is 11.4. The zero-order valence-corrected chi connectivity index (χ0v) is 21.5. The minimum atomic E-state index is -4.60. The van der Waals surface area contributed by atoms with E-state index in [9.17, 15) is 27.9 Å². The van der Waals surface area contributed by atoms with Crippen LogP contribution in [-0.2, 0) is 22.3 Å². The molecule has 0 aliphatic rings. The van der Waals surface area contributed by atoms with E-state index in [0.717, 1.165) is 33.6 Å². The summed E-state index contributed by atoms with van der Waals surface area (Å²) in [4.78, 5) is 32.5. The highest BCUT2D eigenvalue weighted by atomic mass is 35.5. The molecular formula is C25H27ClF3N5O4. The maximum atomic E-state index is 13.4. The number of rotatable bonds is 12. The van der Waals surface area contributed by atoms with Crippen molar-refractivity contribution in [1.82, 2.24) is 20.6 Å². The fourth-order valence-corrected chi connectivity index (χ4v) is 3.19. The number of hydrogen-bond acceptors (Lipinski definition) is 7. The van der Waals surface area contributed by atoms with E-state index < -0.39 is 17.6 Å². The second kappa shape index (κ2) is 13.4. The Morgan fingerprint density at radius 3 is 2.42 bits per heavy atom. The molecule has 0 aromatic heterocycles. The van der Waals surface area contributed by atoms with Crippen LogP contribution in [-0.4, -0.2) is 53.6 Å². The van der Waals surface area contributed by atoms with E-state index in [-0.39, 0.29) is 41.8 Å². The third-order valence-electron chi connectivity index (χ3n) is 4.91. The van der Waals surface area contributed by atoms with Crippen molar-refractivity contribution < 1.29 is 32.7 Å². The number of aliphatic hydroxyl groups is 1. The third kappa shape index (κ3) is 9.04. The first-order valence-electron chi connectivity index (χ1n) is 11.0. The molecule has 2 rings (SSSR count). The number of benzene rings is 2. The van der Waals surface area contributed by atoms with Crippen LogP contribution in [0.2, 0.25) is 5.02 Å². The summed E-state index contributed by atoms with van der Waals surface area (Å²) in [5.41, 5.74) is 1.92. The van der Waals surface area contributed by atoms with Gasteiger partial charge < -0.3 is 30.5 Å². The topological polar surface area (TPSA) is 118 Å². The van der Waals surface area contributed by atoms with Crippen LogP contribution in [0.4, 0.5) is 13.2 Å². The van der Waals surface area contributed by atoms with Crippen LogP contribution in [0, 0.1) is 5.41 Å². The largest absolute Gasteiger partial charge is 0.513 e. The molecule has 0 radical (unpaired) electrons. The Morgan fingerprint density at radius 1 is 1.18 bits per heavy atom. The fraction of sp³-hybridized carbons (Fsp3) is 0.240. The predicted octanol–water partition coefficient (Wildman–Crippen LogP) is 4.23. The van der Waals surface area contributed by atoms with Crippen LogP contribution in [0.5, 0.6) is 5.75 Å². The number of nitrogens with one attached hydrogen (secondary N) is 3. The Balaban J connectivity index is 2.44. The molecule has 2 aromatic carbocycles. The van der Waals surface area contributed by atoms with E-state index in [1.54, 1.807) is 24.3 Å². The molecule has 0 spiro atoms. The molecule has 9 nitrogen and oxygen atoms in total. The molecule has 4 N–H and O–H groups in total. The van der Waals surface area contributed by atoms with Crippen LogP contribution >= 0.6 is 11.6 Å². The van der Waals surface area contributed by atoms with E-state index in [1.165, 1.54) is 33.2 Å². The lowest BCUT2D eigenvalue weighted by molar-refractivity contribution is -0.137. The van der Waals surface area contributed by atoms with Gasteiger partial charge in [0.2, 0.25) is 6.41 Å². The van der Waals surface area contributed by atoms with Crippen molar-refractivity contribution in [2.24, 2.45) is 0 Å². The van der Waals surface area contributed by atoms with E-state index in [2.05, 4.69) is 10.8 Å². The Kier molecular flexibility index (Phi) is 10.6. The lowest BCUT2D eigenvalue weighted by Crippen LogP contribution is -2.42. The van der Waals surface area contributed by atoms with Crippen molar-refractivity contribution in [3.63, 3.8) is 0 Å². The summed E-state index contributed by atoms with van der Waals surface area (Å²) in [5.74, 6) is -1.23. The van der Waals surface area contributed by atoms with Gasteiger partial charge in [0.15, 0.2) is 11.6 Å². The first-order chi connectivity index (χ1) is 17.8. The maximum Gasteiger partial charge on any atom is 0.416 e. The van der Waals surface area contributed by atoms with E-state index in [1.807, 2.05) is 0 Å². The molecule has 2 aromatic rings. The summed E-state index contributed by atoms with van der Waals surface area (Å²) < 4.78 is 39.3. The maximum absolute atomic E-state index is 13.4. The number of hydrogen-bond donors (Lipinski definition) is 4. The average molecular weight is 554 g/mol. The van der Waals surface area contributed by atoms with Crippen molar-refractivity contribution >= 4 is 29.6 Å². The quantitative estimate of drug-likeness (QED) is 0.103. The highest BCUT2D eigenvalue weighted by molar-refractivity contribution is 6.30. The van der Waals surface area contributed by atoms with Gasteiger partial charge in [0.05, 0.1) is 23.6 Å². The summed E-state index contributed by atoms with van der Waals surface area (Å²) in [5, 5.41) is 20.8. The normalized spacial score (nSPS) is 12.2. The summed E-state index contributed by atoms with van der Waals surface area (Å²) >= 11 is 5.92. The monoisotopic (exact) mass is 553 g/mol.